The molecule has 1 aliphatic carbocycles. The number of nitrogens with zero attached hydrogens (tertiary/aromatic N) is 4. The summed E-state index contributed by atoms with van der Waals surface area (Å²) in [5.41, 5.74) is 1.29. The predicted molar refractivity (Wildman–Crippen MR) is 121 cm³/mol. The molecule has 2 aromatic rings. The molecule has 2 fully saturated rings. The molecule has 2 aliphatic heterocycles. The van der Waals surface area contributed by atoms with E-state index in [9.17, 15) is 8.42 Å². The second-order valence-electron chi connectivity index (χ2n) is 9.54. The van der Waals surface area contributed by atoms with Gasteiger partial charge in [0, 0.05) is 32.0 Å². The summed E-state index contributed by atoms with van der Waals surface area (Å²) in [6.45, 7) is 2.05. The van der Waals surface area contributed by atoms with Crippen LogP contribution in [-0.2, 0) is 23.0 Å². The molecule has 1 saturated heterocycles. The highest BCUT2D eigenvalue weighted by molar-refractivity contribution is 7.89. The molecule has 0 amide bonds. The molecular weight excluding hydrogens is 408 g/mol. The third-order valence-electron chi connectivity index (χ3n) is 7.48. The van der Waals surface area contributed by atoms with Crippen molar-refractivity contribution in [2.75, 3.05) is 13.1 Å². The second kappa shape index (κ2) is 9.02. The minimum absolute atomic E-state index is 0.129. The first-order valence-electron chi connectivity index (χ1n) is 12.1. The van der Waals surface area contributed by atoms with Crippen molar-refractivity contribution in [2.45, 2.75) is 93.9 Å². The van der Waals surface area contributed by atoms with E-state index >= 15 is 0 Å². The normalized spacial score (nSPS) is 23.9. The molecule has 6 nitrogen and oxygen atoms in total. The molecule has 0 spiro atoms. The van der Waals surface area contributed by atoms with Crippen LogP contribution in [0.2, 0.25) is 0 Å². The third-order valence-corrected chi connectivity index (χ3v) is 9.36. The van der Waals surface area contributed by atoms with E-state index < -0.39 is 10.0 Å². The van der Waals surface area contributed by atoms with E-state index in [-0.39, 0.29) is 5.92 Å². The molecular formula is C24H34N4O2S. The minimum Gasteiger partial charge on any atom is -0.315 e. The van der Waals surface area contributed by atoms with Gasteiger partial charge in [0.15, 0.2) is 0 Å². The van der Waals surface area contributed by atoms with Gasteiger partial charge in [-0.25, -0.2) is 8.42 Å². The third kappa shape index (κ3) is 4.31. The van der Waals surface area contributed by atoms with E-state index in [1.807, 2.05) is 24.3 Å². The maximum absolute atomic E-state index is 13.4. The van der Waals surface area contributed by atoms with Gasteiger partial charge in [0.2, 0.25) is 10.0 Å². The first-order valence-corrected chi connectivity index (χ1v) is 13.6. The molecule has 1 aromatic carbocycles. The topological polar surface area (TPSA) is 68.1 Å². The molecule has 31 heavy (non-hydrogen) atoms. The summed E-state index contributed by atoms with van der Waals surface area (Å²) < 4.78 is 30.8. The summed E-state index contributed by atoms with van der Waals surface area (Å²) in [4.78, 5) is 0.424. The average Bonchev–Trinajstić information content (AvgIpc) is 3.08. The number of piperidine rings is 1. The van der Waals surface area contributed by atoms with Crippen LogP contribution >= 0.6 is 0 Å². The van der Waals surface area contributed by atoms with E-state index in [1.165, 1.54) is 50.5 Å². The van der Waals surface area contributed by atoms with Gasteiger partial charge in [0.25, 0.3) is 0 Å². The first-order chi connectivity index (χ1) is 15.1. The Labute approximate surface area is 186 Å². The molecule has 1 atom stereocenters. The second-order valence-corrected chi connectivity index (χ2v) is 11.5. The summed E-state index contributed by atoms with van der Waals surface area (Å²) in [5.74, 6) is 2.78. The summed E-state index contributed by atoms with van der Waals surface area (Å²) >= 11 is 0. The Kier molecular flexibility index (Phi) is 6.15. The molecule has 3 heterocycles. The molecule has 0 bridgehead atoms. The fourth-order valence-electron chi connectivity index (χ4n) is 5.68. The Hall–Kier alpha value is -1.73. The zero-order chi connectivity index (χ0) is 21.3. The van der Waals surface area contributed by atoms with Crippen LogP contribution < -0.4 is 0 Å². The van der Waals surface area contributed by atoms with E-state index in [1.54, 1.807) is 4.31 Å². The van der Waals surface area contributed by atoms with Gasteiger partial charge in [-0.05, 0) is 62.1 Å². The quantitative estimate of drug-likeness (QED) is 0.693. The average molecular weight is 443 g/mol. The smallest absolute Gasteiger partial charge is 0.243 e. The SMILES string of the molecule is O=S(=O)(c1ccc(C2CCCCC2)cc1)N1CCCC(c2nnc3n2CCCCC3)C1. The van der Waals surface area contributed by atoms with Crippen LogP contribution in [0.1, 0.15) is 93.3 Å². The summed E-state index contributed by atoms with van der Waals surface area (Å²) in [5, 5.41) is 8.94. The molecule has 0 N–H and O–H groups in total. The number of aryl methyl sites for hydroxylation is 1. The van der Waals surface area contributed by atoms with Crippen LogP contribution in [0.3, 0.4) is 0 Å². The zero-order valence-corrected chi connectivity index (χ0v) is 19.2. The number of sulfonamides is 1. The van der Waals surface area contributed by atoms with Crippen LogP contribution in [0.15, 0.2) is 29.2 Å². The van der Waals surface area contributed by atoms with Crippen molar-refractivity contribution < 1.29 is 8.42 Å². The predicted octanol–water partition coefficient (Wildman–Crippen LogP) is 4.62. The molecule has 168 valence electrons. The highest BCUT2D eigenvalue weighted by Gasteiger charge is 2.33. The van der Waals surface area contributed by atoms with Gasteiger partial charge in [0.05, 0.1) is 4.90 Å². The standard InChI is InChI=1S/C24H34N4O2S/c29-31(30,22-14-12-20(13-15-22)19-8-3-1-4-9-19)27-16-7-10-21(18-27)24-26-25-23-11-5-2-6-17-28(23)24/h12-15,19,21H,1-11,16-18H2. The van der Waals surface area contributed by atoms with Crippen LogP contribution in [0.4, 0.5) is 0 Å². The summed E-state index contributed by atoms with van der Waals surface area (Å²) in [6.07, 6.45) is 12.7. The molecule has 5 rings (SSSR count). The van der Waals surface area contributed by atoms with E-state index in [0.717, 1.165) is 43.9 Å². The Morgan fingerprint density at radius 3 is 2.32 bits per heavy atom. The molecule has 3 aliphatic rings. The summed E-state index contributed by atoms with van der Waals surface area (Å²) in [6, 6.07) is 7.74. The van der Waals surface area contributed by atoms with Crippen molar-refractivity contribution in [1.29, 1.82) is 0 Å². The Morgan fingerprint density at radius 2 is 1.52 bits per heavy atom. The van der Waals surface area contributed by atoms with Gasteiger partial charge in [-0.1, -0.05) is 37.8 Å². The van der Waals surface area contributed by atoms with Gasteiger partial charge in [-0.15, -0.1) is 10.2 Å². The number of hydrogen-bond acceptors (Lipinski definition) is 4. The van der Waals surface area contributed by atoms with Crippen molar-refractivity contribution in [3.8, 4) is 0 Å². The lowest BCUT2D eigenvalue weighted by molar-refractivity contribution is 0.304. The van der Waals surface area contributed by atoms with Gasteiger partial charge < -0.3 is 4.57 Å². The first kappa shape index (κ1) is 21.1. The Balaban J connectivity index is 1.33. The summed E-state index contributed by atoms with van der Waals surface area (Å²) in [7, 11) is -3.49. The fourth-order valence-corrected chi connectivity index (χ4v) is 7.20. The molecule has 1 aromatic heterocycles. The zero-order valence-electron chi connectivity index (χ0n) is 18.4. The largest absolute Gasteiger partial charge is 0.315 e. The minimum atomic E-state index is -3.49. The lowest BCUT2D eigenvalue weighted by Gasteiger charge is -2.31. The van der Waals surface area contributed by atoms with Gasteiger partial charge in [-0.2, -0.15) is 4.31 Å². The van der Waals surface area contributed by atoms with Crippen molar-refractivity contribution in [3.05, 3.63) is 41.5 Å². The van der Waals surface area contributed by atoms with Crippen molar-refractivity contribution in [2.24, 2.45) is 0 Å². The van der Waals surface area contributed by atoms with Crippen molar-refractivity contribution in [3.63, 3.8) is 0 Å². The van der Waals surface area contributed by atoms with Gasteiger partial charge in [0.1, 0.15) is 11.6 Å². The Morgan fingerprint density at radius 1 is 0.774 bits per heavy atom. The van der Waals surface area contributed by atoms with Crippen molar-refractivity contribution in [1.82, 2.24) is 19.1 Å². The van der Waals surface area contributed by atoms with Crippen LogP contribution in [0.5, 0.6) is 0 Å². The van der Waals surface area contributed by atoms with E-state index in [2.05, 4.69) is 14.8 Å². The molecule has 1 saturated carbocycles. The molecule has 1 unspecified atom stereocenters. The number of hydrogen-bond donors (Lipinski definition) is 0. The number of benzene rings is 1. The monoisotopic (exact) mass is 442 g/mol. The number of rotatable bonds is 4. The fraction of sp³-hybridized carbons (Fsp3) is 0.667. The number of fused-ring (bicyclic) bond motifs is 1. The lowest BCUT2D eigenvalue weighted by Crippen LogP contribution is -2.39. The van der Waals surface area contributed by atoms with Crippen molar-refractivity contribution >= 4 is 10.0 Å². The maximum atomic E-state index is 13.4. The molecule has 0 radical (unpaired) electrons. The van der Waals surface area contributed by atoms with Gasteiger partial charge in [-0.3, -0.25) is 0 Å². The highest BCUT2D eigenvalue weighted by Crippen LogP contribution is 2.34. The maximum Gasteiger partial charge on any atom is 0.243 e. The molecule has 7 heteroatoms. The van der Waals surface area contributed by atoms with E-state index in [0.29, 0.717) is 23.9 Å². The Bertz CT molecular complexity index is 993. The van der Waals surface area contributed by atoms with Crippen LogP contribution in [-0.4, -0.2) is 40.6 Å². The van der Waals surface area contributed by atoms with E-state index in [4.69, 9.17) is 0 Å². The van der Waals surface area contributed by atoms with Crippen LogP contribution in [0.25, 0.3) is 0 Å². The van der Waals surface area contributed by atoms with Crippen LogP contribution in [0, 0.1) is 0 Å². The number of aromatic nitrogens is 3. The highest BCUT2D eigenvalue weighted by atomic mass is 32.2. The lowest BCUT2D eigenvalue weighted by atomic mass is 9.84. The van der Waals surface area contributed by atoms with Gasteiger partial charge >= 0.3 is 0 Å².